The summed E-state index contributed by atoms with van der Waals surface area (Å²) in [6.45, 7) is 1.84. The second-order valence-corrected chi connectivity index (χ2v) is 7.49. The van der Waals surface area contributed by atoms with E-state index in [1.165, 1.54) is 6.08 Å². The number of carbonyl (C=O) groups excluding carboxylic acids is 3. The van der Waals surface area contributed by atoms with E-state index in [-0.39, 0.29) is 5.57 Å². The van der Waals surface area contributed by atoms with Gasteiger partial charge in [0.15, 0.2) is 0 Å². The van der Waals surface area contributed by atoms with Crippen molar-refractivity contribution >= 4 is 61.5 Å². The number of anilines is 1. The van der Waals surface area contributed by atoms with E-state index in [0.29, 0.717) is 21.5 Å². The van der Waals surface area contributed by atoms with Crippen molar-refractivity contribution in [2.45, 2.75) is 6.92 Å². The van der Waals surface area contributed by atoms with Gasteiger partial charge < -0.3 is 4.74 Å². The Labute approximate surface area is 172 Å². The van der Waals surface area contributed by atoms with Crippen LogP contribution in [-0.2, 0) is 9.59 Å². The molecular weight excluding hydrogens is 480 g/mol. The van der Waals surface area contributed by atoms with Gasteiger partial charge >= 0.3 is 6.03 Å². The van der Waals surface area contributed by atoms with E-state index >= 15 is 0 Å². The van der Waals surface area contributed by atoms with Crippen molar-refractivity contribution in [1.29, 1.82) is 0 Å². The van der Waals surface area contributed by atoms with Gasteiger partial charge in [0.25, 0.3) is 11.8 Å². The van der Waals surface area contributed by atoms with Gasteiger partial charge in [0.1, 0.15) is 11.3 Å². The maximum Gasteiger partial charge on any atom is 0.335 e. The molecule has 1 heterocycles. The molecule has 1 fully saturated rings. The molecule has 6 nitrogen and oxygen atoms in total. The van der Waals surface area contributed by atoms with Crippen LogP contribution in [0, 0.1) is 6.92 Å². The monoisotopic (exact) mass is 492 g/mol. The normalized spacial score (nSPS) is 15.9. The molecule has 138 valence electrons. The van der Waals surface area contributed by atoms with Crippen LogP contribution in [0.3, 0.4) is 0 Å². The van der Waals surface area contributed by atoms with Gasteiger partial charge in [-0.1, -0.05) is 22.0 Å². The molecule has 27 heavy (non-hydrogen) atoms. The number of urea groups is 1. The lowest BCUT2D eigenvalue weighted by atomic mass is 10.1. The van der Waals surface area contributed by atoms with E-state index in [1.54, 1.807) is 43.5 Å². The summed E-state index contributed by atoms with van der Waals surface area (Å²) in [5.41, 5.74) is 1.72. The number of hydrogen-bond donors (Lipinski definition) is 1. The number of benzene rings is 2. The topological polar surface area (TPSA) is 75.7 Å². The Morgan fingerprint density at radius 3 is 2.41 bits per heavy atom. The standard InChI is InChI=1S/C19H14Br2N2O4/c1-10-7-12(4-5-14(10)20)23-18(25)13(17(24)22-19(23)26)8-11-3-6-16(27-2)15(21)9-11/h3-9H,1-2H3,(H,22,24,26)/b13-8+. The van der Waals surface area contributed by atoms with Crippen LogP contribution in [0.4, 0.5) is 10.5 Å². The molecule has 0 radical (unpaired) electrons. The van der Waals surface area contributed by atoms with E-state index in [0.717, 1.165) is 14.9 Å². The third-order valence-corrected chi connectivity index (χ3v) is 5.50. The Morgan fingerprint density at radius 1 is 1.04 bits per heavy atom. The largest absolute Gasteiger partial charge is 0.496 e. The molecule has 0 bridgehead atoms. The average molecular weight is 494 g/mol. The molecular formula is C19H14Br2N2O4. The highest BCUT2D eigenvalue weighted by molar-refractivity contribution is 9.10. The van der Waals surface area contributed by atoms with Gasteiger partial charge in [-0.2, -0.15) is 0 Å². The zero-order valence-corrected chi connectivity index (χ0v) is 17.5. The van der Waals surface area contributed by atoms with E-state index in [9.17, 15) is 14.4 Å². The number of nitrogens with one attached hydrogen (secondary N) is 1. The minimum Gasteiger partial charge on any atom is -0.496 e. The predicted molar refractivity (Wildman–Crippen MR) is 109 cm³/mol. The fraction of sp³-hybridized carbons (Fsp3) is 0.105. The first-order valence-electron chi connectivity index (χ1n) is 7.83. The van der Waals surface area contributed by atoms with Gasteiger partial charge in [-0.15, -0.1) is 0 Å². The Hall–Kier alpha value is -2.45. The van der Waals surface area contributed by atoms with Crippen molar-refractivity contribution < 1.29 is 19.1 Å². The number of halogens is 2. The average Bonchev–Trinajstić information content (AvgIpc) is 2.61. The Bertz CT molecular complexity index is 1000. The number of aryl methyl sites for hydroxylation is 1. The second-order valence-electron chi connectivity index (χ2n) is 5.79. The second kappa shape index (κ2) is 7.66. The number of nitrogens with zero attached hydrogens (tertiary/aromatic N) is 1. The maximum atomic E-state index is 12.9. The van der Waals surface area contributed by atoms with Crippen LogP contribution in [0.2, 0.25) is 0 Å². The molecule has 8 heteroatoms. The summed E-state index contributed by atoms with van der Waals surface area (Å²) in [6.07, 6.45) is 1.44. The van der Waals surface area contributed by atoms with Crippen LogP contribution in [0.15, 0.2) is 50.9 Å². The first kappa shape index (κ1) is 19.3. The smallest absolute Gasteiger partial charge is 0.335 e. The lowest BCUT2D eigenvalue weighted by Gasteiger charge is -2.26. The molecule has 4 amide bonds. The molecule has 1 aliphatic rings. The number of ether oxygens (including phenoxy) is 1. The fourth-order valence-corrected chi connectivity index (χ4v) is 3.40. The van der Waals surface area contributed by atoms with Crippen molar-refractivity contribution in [1.82, 2.24) is 5.32 Å². The number of methoxy groups -OCH3 is 1. The molecule has 2 aromatic rings. The van der Waals surface area contributed by atoms with Gasteiger partial charge in [-0.25, -0.2) is 9.69 Å². The molecule has 0 saturated carbocycles. The van der Waals surface area contributed by atoms with Crippen LogP contribution in [0.5, 0.6) is 5.75 Å². The first-order chi connectivity index (χ1) is 12.8. The Morgan fingerprint density at radius 2 is 1.78 bits per heavy atom. The lowest BCUT2D eigenvalue weighted by molar-refractivity contribution is -0.122. The Balaban J connectivity index is 2.01. The molecule has 1 aliphatic heterocycles. The number of imide groups is 2. The summed E-state index contributed by atoms with van der Waals surface area (Å²) in [5.74, 6) is -0.793. The molecule has 0 spiro atoms. The van der Waals surface area contributed by atoms with Crippen LogP contribution in [-0.4, -0.2) is 25.0 Å². The number of rotatable bonds is 3. The maximum absolute atomic E-state index is 12.9. The number of carbonyl (C=O) groups is 3. The molecule has 0 atom stereocenters. The predicted octanol–water partition coefficient (Wildman–Crippen LogP) is 4.20. The minimum atomic E-state index is -0.778. The molecule has 3 rings (SSSR count). The third kappa shape index (κ3) is 3.81. The number of amides is 4. The van der Waals surface area contributed by atoms with Gasteiger partial charge in [-0.3, -0.25) is 14.9 Å². The summed E-state index contributed by atoms with van der Waals surface area (Å²) in [4.78, 5) is 38.3. The summed E-state index contributed by atoms with van der Waals surface area (Å²) >= 11 is 6.75. The van der Waals surface area contributed by atoms with Gasteiger partial charge in [0, 0.05) is 4.47 Å². The van der Waals surface area contributed by atoms with Crippen molar-refractivity contribution in [3.63, 3.8) is 0 Å². The van der Waals surface area contributed by atoms with E-state index < -0.39 is 17.8 Å². The summed E-state index contributed by atoms with van der Waals surface area (Å²) in [6, 6.07) is 9.43. The molecule has 2 aromatic carbocycles. The van der Waals surface area contributed by atoms with Gasteiger partial charge in [-0.05, 0) is 70.4 Å². The zero-order valence-electron chi connectivity index (χ0n) is 14.4. The van der Waals surface area contributed by atoms with E-state index in [1.807, 2.05) is 6.92 Å². The molecule has 0 aliphatic carbocycles. The van der Waals surface area contributed by atoms with Crippen molar-refractivity contribution in [3.8, 4) is 5.75 Å². The van der Waals surface area contributed by atoms with Crippen molar-refractivity contribution in [3.05, 3.63) is 62.0 Å². The number of hydrogen-bond acceptors (Lipinski definition) is 4. The van der Waals surface area contributed by atoms with Crippen LogP contribution in [0.25, 0.3) is 6.08 Å². The molecule has 1 N–H and O–H groups in total. The van der Waals surface area contributed by atoms with Crippen molar-refractivity contribution in [2.24, 2.45) is 0 Å². The molecule has 0 unspecified atom stereocenters. The lowest BCUT2D eigenvalue weighted by Crippen LogP contribution is -2.54. The number of barbiturate groups is 1. The summed E-state index contributed by atoms with van der Waals surface area (Å²) in [7, 11) is 1.54. The van der Waals surface area contributed by atoms with Gasteiger partial charge in [0.05, 0.1) is 17.3 Å². The minimum absolute atomic E-state index is 0.132. The third-order valence-electron chi connectivity index (χ3n) is 3.99. The van der Waals surface area contributed by atoms with Crippen LogP contribution in [0.1, 0.15) is 11.1 Å². The highest BCUT2D eigenvalue weighted by Gasteiger charge is 2.36. The first-order valence-corrected chi connectivity index (χ1v) is 9.41. The van der Waals surface area contributed by atoms with E-state index in [4.69, 9.17) is 4.74 Å². The fourth-order valence-electron chi connectivity index (χ4n) is 2.60. The highest BCUT2D eigenvalue weighted by Crippen LogP contribution is 2.29. The Kier molecular flexibility index (Phi) is 5.48. The van der Waals surface area contributed by atoms with Crippen molar-refractivity contribution in [2.75, 3.05) is 12.0 Å². The zero-order chi connectivity index (χ0) is 19.7. The molecule has 0 aromatic heterocycles. The molecule has 1 saturated heterocycles. The quantitative estimate of drug-likeness (QED) is 0.513. The van der Waals surface area contributed by atoms with Crippen LogP contribution < -0.4 is 15.0 Å². The van der Waals surface area contributed by atoms with E-state index in [2.05, 4.69) is 37.2 Å². The summed E-state index contributed by atoms with van der Waals surface area (Å²) in [5, 5.41) is 2.21. The highest BCUT2D eigenvalue weighted by atomic mass is 79.9. The van der Waals surface area contributed by atoms with Gasteiger partial charge in [0.2, 0.25) is 0 Å². The SMILES string of the molecule is COc1ccc(/C=C2\C(=O)NC(=O)N(c3ccc(Br)c(C)c3)C2=O)cc1Br. The van der Waals surface area contributed by atoms with Crippen LogP contribution >= 0.6 is 31.9 Å². The summed E-state index contributed by atoms with van der Waals surface area (Å²) < 4.78 is 6.70.